The zero-order chi connectivity index (χ0) is 17.0. The molecule has 2 N–H and O–H groups in total. The molecule has 0 spiro atoms. The molecule has 24 heavy (non-hydrogen) atoms. The van der Waals surface area contributed by atoms with Gasteiger partial charge in [0.2, 0.25) is 0 Å². The summed E-state index contributed by atoms with van der Waals surface area (Å²) in [5.74, 6) is 0.825. The number of ether oxygens (including phenoxy) is 2. The van der Waals surface area contributed by atoms with E-state index in [2.05, 4.69) is 15.5 Å². The largest absolute Gasteiger partial charge is 0.492 e. The Kier molecular flexibility index (Phi) is 8.41. The van der Waals surface area contributed by atoms with Crippen LogP contribution in [0.25, 0.3) is 0 Å². The first-order valence-corrected chi connectivity index (χ1v) is 8.75. The van der Waals surface area contributed by atoms with Crippen molar-refractivity contribution in [3.63, 3.8) is 0 Å². The molecule has 134 valence electrons. The Morgan fingerprint density at radius 2 is 1.83 bits per heavy atom. The van der Waals surface area contributed by atoms with Crippen molar-refractivity contribution >= 4 is 6.03 Å². The minimum absolute atomic E-state index is 0.131. The zero-order valence-electron chi connectivity index (χ0n) is 14.6. The molecule has 6 nitrogen and oxygen atoms in total. The molecule has 6 heteroatoms. The number of benzene rings is 1. The lowest BCUT2D eigenvalue weighted by Crippen LogP contribution is -2.39. The highest BCUT2D eigenvalue weighted by Gasteiger charge is 2.09. The van der Waals surface area contributed by atoms with Gasteiger partial charge in [-0.2, -0.15) is 0 Å². The third kappa shape index (κ3) is 7.66. The first kappa shape index (κ1) is 18.5. The maximum Gasteiger partial charge on any atom is 0.314 e. The van der Waals surface area contributed by atoms with Crippen LogP contribution in [0.15, 0.2) is 24.3 Å². The number of rotatable bonds is 9. The Morgan fingerprint density at radius 1 is 1.12 bits per heavy atom. The molecule has 0 bridgehead atoms. The Hall–Kier alpha value is -1.79. The molecular formula is C18H29N3O3. The highest BCUT2D eigenvalue weighted by Crippen LogP contribution is 2.10. The second kappa shape index (κ2) is 10.9. The van der Waals surface area contributed by atoms with Gasteiger partial charge in [-0.15, -0.1) is 0 Å². The Balaban J connectivity index is 1.42. The lowest BCUT2D eigenvalue weighted by atomic mass is 10.2. The summed E-state index contributed by atoms with van der Waals surface area (Å²) in [6.45, 7) is 8.50. The van der Waals surface area contributed by atoms with E-state index in [1.165, 1.54) is 5.56 Å². The van der Waals surface area contributed by atoms with Gasteiger partial charge in [-0.25, -0.2) is 4.79 Å². The SMILES string of the molecule is Cc1ccc(OCCNC(=O)NCCCCN2CCOCC2)cc1. The van der Waals surface area contributed by atoms with Crippen LogP contribution in [0, 0.1) is 6.92 Å². The Labute approximate surface area is 144 Å². The monoisotopic (exact) mass is 335 g/mol. The summed E-state index contributed by atoms with van der Waals surface area (Å²) in [5, 5.41) is 5.68. The fraction of sp³-hybridized carbons (Fsp3) is 0.611. The predicted octanol–water partition coefficient (Wildman–Crippen LogP) is 1.79. The molecule has 0 radical (unpaired) electrons. The molecule has 1 saturated heterocycles. The van der Waals surface area contributed by atoms with E-state index in [0.717, 1.165) is 51.4 Å². The van der Waals surface area contributed by atoms with E-state index < -0.39 is 0 Å². The fourth-order valence-corrected chi connectivity index (χ4v) is 2.52. The molecule has 2 rings (SSSR count). The molecule has 0 saturated carbocycles. The third-order valence-electron chi connectivity index (χ3n) is 3.97. The zero-order valence-corrected chi connectivity index (χ0v) is 14.6. The van der Waals surface area contributed by atoms with Crippen LogP contribution in [0.4, 0.5) is 4.79 Å². The molecule has 0 unspecified atom stereocenters. The van der Waals surface area contributed by atoms with Crippen LogP contribution in [-0.2, 0) is 4.74 Å². The number of urea groups is 1. The number of carbonyl (C=O) groups excluding carboxylic acids is 1. The minimum atomic E-state index is -0.131. The number of aryl methyl sites for hydroxylation is 1. The van der Waals surface area contributed by atoms with Crippen molar-refractivity contribution in [2.24, 2.45) is 0 Å². The summed E-state index contributed by atoms with van der Waals surface area (Å²) in [6, 6.07) is 7.75. The number of nitrogens with zero attached hydrogens (tertiary/aromatic N) is 1. The first-order valence-electron chi connectivity index (χ1n) is 8.75. The first-order chi connectivity index (χ1) is 11.7. The van der Waals surface area contributed by atoms with Crippen molar-refractivity contribution in [2.75, 3.05) is 52.5 Å². The number of hydrogen-bond donors (Lipinski definition) is 2. The molecule has 0 aliphatic carbocycles. The second-order valence-electron chi connectivity index (χ2n) is 6.01. The van der Waals surface area contributed by atoms with Gasteiger partial charge < -0.3 is 20.1 Å². The molecule has 1 aromatic carbocycles. The van der Waals surface area contributed by atoms with Gasteiger partial charge in [-0.05, 0) is 38.4 Å². The third-order valence-corrected chi connectivity index (χ3v) is 3.97. The van der Waals surface area contributed by atoms with Crippen molar-refractivity contribution in [1.82, 2.24) is 15.5 Å². The van der Waals surface area contributed by atoms with Crippen LogP contribution >= 0.6 is 0 Å². The highest BCUT2D eigenvalue weighted by atomic mass is 16.5. The van der Waals surface area contributed by atoms with E-state index >= 15 is 0 Å². The van der Waals surface area contributed by atoms with Crippen molar-refractivity contribution < 1.29 is 14.3 Å². The van der Waals surface area contributed by atoms with Gasteiger partial charge >= 0.3 is 6.03 Å². The molecule has 1 fully saturated rings. The van der Waals surface area contributed by atoms with E-state index in [9.17, 15) is 4.79 Å². The summed E-state index contributed by atoms with van der Waals surface area (Å²) in [6.07, 6.45) is 2.08. The number of unbranched alkanes of at least 4 members (excludes halogenated alkanes) is 1. The maximum atomic E-state index is 11.7. The van der Waals surface area contributed by atoms with E-state index in [1.807, 2.05) is 31.2 Å². The number of hydrogen-bond acceptors (Lipinski definition) is 4. The van der Waals surface area contributed by atoms with Crippen LogP contribution in [0.2, 0.25) is 0 Å². The number of nitrogens with one attached hydrogen (secondary N) is 2. The summed E-state index contributed by atoms with van der Waals surface area (Å²) < 4.78 is 10.9. The molecular weight excluding hydrogens is 306 g/mol. The van der Waals surface area contributed by atoms with Crippen LogP contribution in [0.3, 0.4) is 0 Å². The van der Waals surface area contributed by atoms with E-state index in [1.54, 1.807) is 0 Å². The molecule has 2 amide bonds. The van der Waals surface area contributed by atoms with E-state index in [-0.39, 0.29) is 6.03 Å². The highest BCUT2D eigenvalue weighted by molar-refractivity contribution is 5.73. The molecule has 1 aliphatic heterocycles. The lowest BCUT2D eigenvalue weighted by molar-refractivity contribution is 0.0372. The molecule has 1 aliphatic rings. The molecule has 1 heterocycles. The summed E-state index contributed by atoms with van der Waals surface area (Å²) in [5.41, 5.74) is 1.20. The minimum Gasteiger partial charge on any atom is -0.492 e. The topological polar surface area (TPSA) is 62.8 Å². The van der Waals surface area contributed by atoms with Gasteiger partial charge in [-0.1, -0.05) is 17.7 Å². The standard InChI is InChI=1S/C18H29N3O3/c1-16-4-6-17(7-5-16)24-13-9-20-18(22)19-8-2-3-10-21-11-14-23-15-12-21/h4-7H,2-3,8-15H2,1H3,(H2,19,20,22). The van der Waals surface area contributed by atoms with Crippen LogP contribution in [0.5, 0.6) is 5.75 Å². The van der Waals surface area contributed by atoms with Crippen LogP contribution < -0.4 is 15.4 Å². The van der Waals surface area contributed by atoms with Gasteiger partial charge in [0, 0.05) is 19.6 Å². The Bertz CT molecular complexity index is 473. The van der Waals surface area contributed by atoms with Gasteiger partial charge in [0.05, 0.1) is 19.8 Å². The van der Waals surface area contributed by atoms with Gasteiger partial charge in [-0.3, -0.25) is 4.90 Å². The van der Waals surface area contributed by atoms with Crippen molar-refractivity contribution in [2.45, 2.75) is 19.8 Å². The lowest BCUT2D eigenvalue weighted by Gasteiger charge is -2.26. The second-order valence-corrected chi connectivity index (χ2v) is 6.01. The Morgan fingerprint density at radius 3 is 2.58 bits per heavy atom. The van der Waals surface area contributed by atoms with E-state index in [4.69, 9.17) is 9.47 Å². The van der Waals surface area contributed by atoms with Crippen LogP contribution in [0.1, 0.15) is 18.4 Å². The number of amides is 2. The summed E-state index contributed by atoms with van der Waals surface area (Å²) >= 11 is 0. The van der Waals surface area contributed by atoms with Crippen molar-refractivity contribution in [1.29, 1.82) is 0 Å². The molecule has 1 aromatic rings. The maximum absolute atomic E-state index is 11.7. The van der Waals surface area contributed by atoms with Gasteiger partial charge in [0.15, 0.2) is 0 Å². The quantitative estimate of drug-likeness (QED) is 0.676. The number of carbonyl (C=O) groups is 1. The molecule has 0 atom stereocenters. The summed E-state index contributed by atoms with van der Waals surface area (Å²) in [4.78, 5) is 14.1. The van der Waals surface area contributed by atoms with Crippen molar-refractivity contribution in [3.8, 4) is 5.75 Å². The smallest absolute Gasteiger partial charge is 0.314 e. The van der Waals surface area contributed by atoms with Crippen molar-refractivity contribution in [3.05, 3.63) is 29.8 Å². The fourth-order valence-electron chi connectivity index (χ4n) is 2.52. The van der Waals surface area contributed by atoms with E-state index in [0.29, 0.717) is 19.7 Å². The predicted molar refractivity (Wildman–Crippen MR) is 94.6 cm³/mol. The van der Waals surface area contributed by atoms with Crippen LogP contribution in [-0.4, -0.2) is 63.5 Å². The average molecular weight is 335 g/mol. The average Bonchev–Trinajstić information content (AvgIpc) is 2.61. The molecule has 0 aromatic heterocycles. The van der Waals surface area contributed by atoms with Gasteiger partial charge in [0.1, 0.15) is 12.4 Å². The summed E-state index contributed by atoms with van der Waals surface area (Å²) in [7, 11) is 0. The normalized spacial score (nSPS) is 15.0. The van der Waals surface area contributed by atoms with Gasteiger partial charge in [0.25, 0.3) is 0 Å². The number of morpholine rings is 1.